The predicted molar refractivity (Wildman–Crippen MR) is 60.5 cm³/mol. The summed E-state index contributed by atoms with van der Waals surface area (Å²) in [5, 5.41) is 9.94. The lowest BCUT2D eigenvalue weighted by Gasteiger charge is -2.06. The van der Waals surface area contributed by atoms with E-state index in [-0.39, 0.29) is 0 Å². The van der Waals surface area contributed by atoms with Gasteiger partial charge >= 0.3 is 0 Å². The Morgan fingerprint density at radius 2 is 2.07 bits per heavy atom. The fraction of sp³-hybridized carbons (Fsp3) is 0.231. The SMILES string of the molecule is CC(C)c1ccc2nccc(C#N)c2c1. The van der Waals surface area contributed by atoms with Crippen LogP contribution in [0, 0.1) is 11.3 Å². The summed E-state index contributed by atoms with van der Waals surface area (Å²) in [5.41, 5.74) is 2.83. The third-order valence-corrected chi connectivity index (χ3v) is 2.55. The number of hydrogen-bond acceptors (Lipinski definition) is 2. The molecule has 2 rings (SSSR count). The highest BCUT2D eigenvalue weighted by atomic mass is 14.6. The molecule has 15 heavy (non-hydrogen) atoms. The standard InChI is InChI=1S/C13H12N2/c1-9(2)10-3-4-13-12(7-10)11(8-14)5-6-15-13/h3-7,9H,1-2H3. The van der Waals surface area contributed by atoms with Crippen LogP contribution < -0.4 is 0 Å². The monoisotopic (exact) mass is 196 g/mol. The maximum atomic E-state index is 8.99. The smallest absolute Gasteiger partial charge is 0.0999 e. The molecule has 0 aliphatic heterocycles. The molecule has 0 saturated heterocycles. The summed E-state index contributed by atoms with van der Waals surface area (Å²) in [6.45, 7) is 4.28. The van der Waals surface area contributed by atoms with Gasteiger partial charge in [-0.2, -0.15) is 5.26 Å². The summed E-state index contributed by atoms with van der Waals surface area (Å²) in [7, 11) is 0. The highest BCUT2D eigenvalue weighted by molar-refractivity contribution is 5.85. The van der Waals surface area contributed by atoms with Crippen molar-refractivity contribution in [3.63, 3.8) is 0 Å². The quantitative estimate of drug-likeness (QED) is 0.702. The number of fused-ring (bicyclic) bond motifs is 1. The first kappa shape index (κ1) is 9.67. The van der Waals surface area contributed by atoms with Crippen LogP contribution in [-0.4, -0.2) is 4.98 Å². The molecule has 1 aromatic heterocycles. The number of pyridine rings is 1. The molecule has 0 amide bonds. The molecule has 2 aromatic rings. The Labute approximate surface area is 89.2 Å². The Balaban J connectivity index is 2.74. The van der Waals surface area contributed by atoms with Gasteiger partial charge in [0.2, 0.25) is 0 Å². The van der Waals surface area contributed by atoms with Crippen LogP contribution in [-0.2, 0) is 0 Å². The van der Waals surface area contributed by atoms with Gasteiger partial charge in [-0.25, -0.2) is 0 Å². The van der Waals surface area contributed by atoms with Crippen molar-refractivity contribution in [3.8, 4) is 6.07 Å². The highest BCUT2D eigenvalue weighted by Gasteiger charge is 2.04. The van der Waals surface area contributed by atoms with Crippen LogP contribution in [0.15, 0.2) is 30.5 Å². The van der Waals surface area contributed by atoms with Crippen molar-refractivity contribution in [2.24, 2.45) is 0 Å². The fourth-order valence-electron chi connectivity index (χ4n) is 1.62. The Hall–Kier alpha value is -1.88. The maximum Gasteiger partial charge on any atom is 0.0999 e. The van der Waals surface area contributed by atoms with E-state index in [9.17, 15) is 0 Å². The van der Waals surface area contributed by atoms with Crippen molar-refractivity contribution in [2.75, 3.05) is 0 Å². The van der Waals surface area contributed by atoms with Crippen molar-refractivity contribution in [3.05, 3.63) is 41.6 Å². The van der Waals surface area contributed by atoms with Crippen LogP contribution in [0.3, 0.4) is 0 Å². The molecule has 0 atom stereocenters. The number of rotatable bonds is 1. The van der Waals surface area contributed by atoms with Crippen LogP contribution >= 0.6 is 0 Å². The topological polar surface area (TPSA) is 36.7 Å². The van der Waals surface area contributed by atoms with Crippen molar-refractivity contribution < 1.29 is 0 Å². The lowest BCUT2D eigenvalue weighted by Crippen LogP contribution is -1.89. The van der Waals surface area contributed by atoms with Gasteiger partial charge in [0.25, 0.3) is 0 Å². The van der Waals surface area contributed by atoms with Crippen LogP contribution in [0.1, 0.15) is 30.9 Å². The zero-order chi connectivity index (χ0) is 10.8. The Morgan fingerprint density at radius 3 is 2.73 bits per heavy atom. The molecule has 74 valence electrons. The summed E-state index contributed by atoms with van der Waals surface area (Å²) < 4.78 is 0. The molecule has 1 heterocycles. The molecule has 0 unspecified atom stereocenters. The number of nitrogens with zero attached hydrogens (tertiary/aromatic N) is 2. The molecule has 0 N–H and O–H groups in total. The predicted octanol–water partition coefficient (Wildman–Crippen LogP) is 3.23. The molecule has 0 saturated carbocycles. The number of aromatic nitrogens is 1. The molecule has 2 nitrogen and oxygen atoms in total. The molecule has 0 fully saturated rings. The molecule has 0 radical (unpaired) electrons. The minimum Gasteiger partial charge on any atom is -0.256 e. The van der Waals surface area contributed by atoms with E-state index >= 15 is 0 Å². The molecule has 0 bridgehead atoms. The first-order valence-electron chi connectivity index (χ1n) is 5.01. The largest absolute Gasteiger partial charge is 0.256 e. The van der Waals surface area contributed by atoms with E-state index in [1.807, 2.05) is 6.07 Å². The van der Waals surface area contributed by atoms with Gasteiger partial charge in [0.15, 0.2) is 0 Å². The molecule has 1 aromatic carbocycles. The third-order valence-electron chi connectivity index (χ3n) is 2.55. The second-order valence-corrected chi connectivity index (χ2v) is 3.90. The maximum absolute atomic E-state index is 8.99. The van der Waals surface area contributed by atoms with Crippen LogP contribution in [0.5, 0.6) is 0 Å². The van der Waals surface area contributed by atoms with E-state index in [4.69, 9.17) is 5.26 Å². The summed E-state index contributed by atoms with van der Waals surface area (Å²) in [6, 6.07) is 10.1. The molecular weight excluding hydrogens is 184 g/mol. The average molecular weight is 196 g/mol. The van der Waals surface area contributed by atoms with E-state index in [2.05, 4.69) is 37.0 Å². The molecule has 0 aliphatic rings. The lowest BCUT2D eigenvalue weighted by molar-refractivity contribution is 0.868. The van der Waals surface area contributed by atoms with E-state index in [0.717, 1.165) is 10.9 Å². The van der Waals surface area contributed by atoms with Crippen LogP contribution in [0.4, 0.5) is 0 Å². The van der Waals surface area contributed by atoms with E-state index in [1.165, 1.54) is 5.56 Å². The zero-order valence-corrected chi connectivity index (χ0v) is 8.86. The van der Waals surface area contributed by atoms with E-state index in [1.54, 1.807) is 12.3 Å². The first-order chi connectivity index (χ1) is 7.22. The summed E-state index contributed by atoms with van der Waals surface area (Å²) in [6.07, 6.45) is 1.68. The minimum atomic E-state index is 0.473. The van der Waals surface area contributed by atoms with E-state index in [0.29, 0.717) is 11.5 Å². The van der Waals surface area contributed by atoms with Gasteiger partial charge in [0.05, 0.1) is 17.1 Å². The summed E-state index contributed by atoms with van der Waals surface area (Å²) in [5.74, 6) is 0.473. The van der Waals surface area contributed by atoms with Crippen LogP contribution in [0.25, 0.3) is 10.9 Å². The highest BCUT2D eigenvalue weighted by Crippen LogP contribution is 2.22. The Morgan fingerprint density at radius 1 is 1.27 bits per heavy atom. The summed E-state index contributed by atoms with van der Waals surface area (Å²) in [4.78, 5) is 4.24. The van der Waals surface area contributed by atoms with Gasteiger partial charge in [-0.3, -0.25) is 4.98 Å². The van der Waals surface area contributed by atoms with Gasteiger partial charge in [0.1, 0.15) is 0 Å². The number of benzene rings is 1. The second-order valence-electron chi connectivity index (χ2n) is 3.90. The van der Waals surface area contributed by atoms with Crippen LogP contribution in [0.2, 0.25) is 0 Å². The van der Waals surface area contributed by atoms with Gasteiger partial charge in [0, 0.05) is 11.6 Å². The Bertz CT molecular complexity index is 536. The first-order valence-corrected chi connectivity index (χ1v) is 5.01. The summed E-state index contributed by atoms with van der Waals surface area (Å²) >= 11 is 0. The van der Waals surface area contributed by atoms with Crippen molar-refractivity contribution in [2.45, 2.75) is 19.8 Å². The third kappa shape index (κ3) is 1.69. The minimum absolute atomic E-state index is 0.473. The molecular formula is C13H12N2. The normalized spacial score (nSPS) is 10.5. The number of nitriles is 1. The zero-order valence-electron chi connectivity index (χ0n) is 8.86. The fourth-order valence-corrected chi connectivity index (χ4v) is 1.62. The number of hydrogen-bond donors (Lipinski definition) is 0. The van der Waals surface area contributed by atoms with Crippen molar-refractivity contribution >= 4 is 10.9 Å². The molecule has 0 spiro atoms. The average Bonchev–Trinajstić information content (AvgIpc) is 2.27. The van der Waals surface area contributed by atoms with Crippen molar-refractivity contribution in [1.29, 1.82) is 5.26 Å². The van der Waals surface area contributed by atoms with Gasteiger partial charge < -0.3 is 0 Å². The van der Waals surface area contributed by atoms with E-state index < -0.39 is 0 Å². The second kappa shape index (κ2) is 3.70. The Kier molecular flexibility index (Phi) is 2.39. The lowest BCUT2D eigenvalue weighted by atomic mass is 9.99. The van der Waals surface area contributed by atoms with Gasteiger partial charge in [-0.15, -0.1) is 0 Å². The van der Waals surface area contributed by atoms with Gasteiger partial charge in [-0.05, 0) is 29.7 Å². The molecule has 2 heteroatoms. The molecule has 0 aliphatic carbocycles. The van der Waals surface area contributed by atoms with Gasteiger partial charge in [-0.1, -0.05) is 19.9 Å². The van der Waals surface area contributed by atoms with Crippen molar-refractivity contribution in [1.82, 2.24) is 4.98 Å².